The van der Waals surface area contributed by atoms with Gasteiger partial charge >= 0.3 is 0 Å². The van der Waals surface area contributed by atoms with Gasteiger partial charge < -0.3 is 19.5 Å². The first kappa shape index (κ1) is 13.0. The van der Waals surface area contributed by atoms with Crippen molar-refractivity contribution in [2.45, 2.75) is 13.5 Å². The van der Waals surface area contributed by atoms with Crippen molar-refractivity contribution in [2.24, 2.45) is 5.41 Å². The lowest BCUT2D eigenvalue weighted by Gasteiger charge is -2.38. The molecule has 0 saturated carbocycles. The Morgan fingerprint density at radius 3 is 2.79 bits per heavy atom. The molecule has 1 N–H and O–H groups in total. The van der Waals surface area contributed by atoms with Crippen molar-refractivity contribution in [3.05, 3.63) is 22.7 Å². The Hall–Kier alpha value is -0.970. The smallest absolute Gasteiger partial charge is 0.179 e. The fourth-order valence-electron chi connectivity index (χ4n) is 2.33. The van der Waals surface area contributed by atoms with Crippen molar-refractivity contribution >= 4 is 11.6 Å². The zero-order valence-corrected chi connectivity index (χ0v) is 11.8. The van der Waals surface area contributed by atoms with Gasteiger partial charge in [0.05, 0.1) is 18.2 Å². The summed E-state index contributed by atoms with van der Waals surface area (Å²) >= 11 is 6.20. The molecule has 0 aliphatic carbocycles. The number of ether oxygens (including phenoxy) is 3. The first-order valence-electron chi connectivity index (χ1n) is 6.53. The van der Waals surface area contributed by atoms with Crippen LogP contribution in [0.2, 0.25) is 5.02 Å². The summed E-state index contributed by atoms with van der Waals surface area (Å²) < 4.78 is 16.3. The highest BCUT2D eigenvalue weighted by molar-refractivity contribution is 6.32. The largest absolute Gasteiger partial charge is 0.486 e. The number of hydrogen-bond donors (Lipinski definition) is 1. The molecule has 2 aliphatic heterocycles. The Bertz CT molecular complexity index is 474. The van der Waals surface area contributed by atoms with Crippen molar-refractivity contribution < 1.29 is 14.2 Å². The molecule has 1 saturated heterocycles. The van der Waals surface area contributed by atoms with E-state index in [0.717, 1.165) is 37.6 Å². The van der Waals surface area contributed by atoms with Crippen LogP contribution in [0.1, 0.15) is 12.5 Å². The summed E-state index contributed by atoms with van der Waals surface area (Å²) in [6.07, 6.45) is 0. The van der Waals surface area contributed by atoms with E-state index in [1.165, 1.54) is 0 Å². The van der Waals surface area contributed by atoms with Crippen LogP contribution in [0.15, 0.2) is 12.1 Å². The van der Waals surface area contributed by atoms with Crippen LogP contribution in [0.3, 0.4) is 0 Å². The van der Waals surface area contributed by atoms with Gasteiger partial charge in [-0.3, -0.25) is 0 Å². The zero-order chi connectivity index (χ0) is 13.3. The molecule has 0 unspecified atom stereocenters. The van der Waals surface area contributed by atoms with Crippen LogP contribution < -0.4 is 14.8 Å². The molecule has 1 aromatic rings. The van der Waals surface area contributed by atoms with E-state index in [2.05, 4.69) is 12.2 Å². The van der Waals surface area contributed by atoms with Gasteiger partial charge in [-0.1, -0.05) is 18.5 Å². The number of nitrogens with one attached hydrogen (secondary N) is 1. The number of rotatable bonds is 4. The fourth-order valence-corrected chi connectivity index (χ4v) is 2.62. The summed E-state index contributed by atoms with van der Waals surface area (Å²) in [5, 5.41) is 4.06. The van der Waals surface area contributed by atoms with E-state index >= 15 is 0 Å². The summed E-state index contributed by atoms with van der Waals surface area (Å²) in [5.41, 5.74) is 1.38. The molecule has 0 radical (unpaired) electrons. The molecule has 0 amide bonds. The highest BCUT2D eigenvalue weighted by Gasteiger charge is 2.32. The lowest BCUT2D eigenvalue weighted by Crippen LogP contribution is -2.47. The maximum atomic E-state index is 6.20. The minimum atomic E-state index is 0.275. The molecule has 1 aromatic carbocycles. The van der Waals surface area contributed by atoms with Crippen molar-refractivity contribution in [1.29, 1.82) is 0 Å². The predicted octanol–water partition coefficient (Wildman–Crippen LogP) is 2.24. The Balaban J connectivity index is 1.63. The van der Waals surface area contributed by atoms with E-state index in [-0.39, 0.29) is 5.41 Å². The Morgan fingerprint density at radius 2 is 2.05 bits per heavy atom. The summed E-state index contributed by atoms with van der Waals surface area (Å²) in [4.78, 5) is 0. The van der Waals surface area contributed by atoms with Crippen molar-refractivity contribution in [3.63, 3.8) is 0 Å². The van der Waals surface area contributed by atoms with Gasteiger partial charge in [0.1, 0.15) is 13.2 Å². The van der Waals surface area contributed by atoms with Gasteiger partial charge in [-0.05, 0) is 17.7 Å². The van der Waals surface area contributed by atoms with Gasteiger partial charge in [-0.25, -0.2) is 0 Å². The van der Waals surface area contributed by atoms with Gasteiger partial charge in [0.25, 0.3) is 0 Å². The second-order valence-electron chi connectivity index (χ2n) is 5.51. The lowest BCUT2D eigenvalue weighted by molar-refractivity contribution is -0.0991. The average Bonchev–Trinajstić information content (AvgIpc) is 2.37. The quantitative estimate of drug-likeness (QED) is 0.920. The Kier molecular flexibility index (Phi) is 3.56. The van der Waals surface area contributed by atoms with E-state index in [9.17, 15) is 0 Å². The standard InChI is InChI=1S/C14H18ClNO3/c1-14(8-17-9-14)7-16-6-10-4-11(15)13-12(5-10)18-2-3-19-13/h4-5,16H,2-3,6-9H2,1H3. The number of fused-ring (bicyclic) bond motifs is 1. The van der Waals surface area contributed by atoms with Crippen molar-refractivity contribution in [3.8, 4) is 11.5 Å². The van der Waals surface area contributed by atoms with E-state index in [0.29, 0.717) is 24.0 Å². The molecule has 1 fully saturated rings. The highest BCUT2D eigenvalue weighted by atomic mass is 35.5. The van der Waals surface area contributed by atoms with E-state index in [4.69, 9.17) is 25.8 Å². The summed E-state index contributed by atoms with van der Waals surface area (Å²) in [6, 6.07) is 3.93. The van der Waals surface area contributed by atoms with E-state index in [1.54, 1.807) is 0 Å². The molecule has 4 nitrogen and oxygen atoms in total. The SMILES string of the molecule is CC1(CNCc2cc(Cl)c3c(c2)OCCO3)COC1. The molecule has 0 spiro atoms. The molecule has 2 aliphatic rings. The topological polar surface area (TPSA) is 39.7 Å². The minimum Gasteiger partial charge on any atom is -0.486 e. The van der Waals surface area contributed by atoms with Gasteiger partial charge in [0, 0.05) is 18.5 Å². The zero-order valence-electron chi connectivity index (χ0n) is 11.0. The molecule has 0 bridgehead atoms. The first-order chi connectivity index (χ1) is 9.16. The third kappa shape index (κ3) is 2.81. The third-order valence-electron chi connectivity index (χ3n) is 3.44. The molecule has 104 valence electrons. The summed E-state index contributed by atoms with van der Waals surface area (Å²) in [7, 11) is 0. The molecule has 5 heteroatoms. The number of hydrogen-bond acceptors (Lipinski definition) is 4. The van der Waals surface area contributed by atoms with Crippen LogP contribution in [-0.4, -0.2) is 33.0 Å². The third-order valence-corrected chi connectivity index (χ3v) is 3.72. The predicted molar refractivity (Wildman–Crippen MR) is 73.1 cm³/mol. The number of halogens is 1. The summed E-state index contributed by atoms with van der Waals surface area (Å²) in [5.74, 6) is 1.41. The van der Waals surface area contributed by atoms with E-state index in [1.807, 2.05) is 12.1 Å². The highest BCUT2D eigenvalue weighted by Crippen LogP contribution is 2.38. The molecule has 2 heterocycles. The molecule has 3 rings (SSSR count). The second-order valence-corrected chi connectivity index (χ2v) is 5.92. The fraction of sp³-hybridized carbons (Fsp3) is 0.571. The van der Waals surface area contributed by atoms with Crippen LogP contribution in [0.25, 0.3) is 0 Å². The Morgan fingerprint density at radius 1 is 1.26 bits per heavy atom. The van der Waals surface area contributed by atoms with E-state index < -0.39 is 0 Å². The molecule has 0 atom stereocenters. The van der Waals surface area contributed by atoms with Crippen molar-refractivity contribution in [2.75, 3.05) is 33.0 Å². The monoisotopic (exact) mass is 283 g/mol. The Labute approximate surface area is 118 Å². The summed E-state index contributed by atoms with van der Waals surface area (Å²) in [6.45, 7) is 6.74. The maximum absolute atomic E-state index is 6.20. The van der Waals surface area contributed by atoms with Crippen molar-refractivity contribution in [1.82, 2.24) is 5.32 Å². The molecular formula is C14H18ClNO3. The van der Waals surface area contributed by atoms with Crippen LogP contribution in [0, 0.1) is 5.41 Å². The lowest BCUT2D eigenvalue weighted by atomic mass is 9.89. The molecule has 19 heavy (non-hydrogen) atoms. The molecular weight excluding hydrogens is 266 g/mol. The number of benzene rings is 1. The minimum absolute atomic E-state index is 0.275. The van der Waals surface area contributed by atoms with Crippen LogP contribution in [0.4, 0.5) is 0 Å². The normalized spacial score (nSPS) is 19.9. The molecule has 0 aromatic heterocycles. The second kappa shape index (κ2) is 5.19. The first-order valence-corrected chi connectivity index (χ1v) is 6.91. The van der Waals surface area contributed by atoms with Gasteiger partial charge in [-0.2, -0.15) is 0 Å². The van der Waals surface area contributed by atoms with Crippen LogP contribution >= 0.6 is 11.6 Å². The van der Waals surface area contributed by atoms with Gasteiger partial charge in [0.2, 0.25) is 0 Å². The van der Waals surface area contributed by atoms with Crippen LogP contribution in [0.5, 0.6) is 11.5 Å². The van der Waals surface area contributed by atoms with Gasteiger partial charge in [-0.15, -0.1) is 0 Å². The van der Waals surface area contributed by atoms with Gasteiger partial charge in [0.15, 0.2) is 11.5 Å². The maximum Gasteiger partial charge on any atom is 0.179 e. The average molecular weight is 284 g/mol. The van der Waals surface area contributed by atoms with Crippen LogP contribution in [-0.2, 0) is 11.3 Å².